The van der Waals surface area contributed by atoms with Gasteiger partial charge < -0.3 is 5.11 Å². The quantitative estimate of drug-likeness (QED) is 0.187. The molecule has 32 heavy (non-hydrogen) atoms. The molecule has 0 fully saturated rings. The number of aliphatic hydroxyl groups is 1. The van der Waals surface area contributed by atoms with Gasteiger partial charge in [-0.25, -0.2) is 0 Å². The first-order valence-corrected chi connectivity index (χ1v) is 10.6. The van der Waals surface area contributed by atoms with Gasteiger partial charge in [0.15, 0.2) is 5.78 Å². The fraction of sp³-hybridized carbons (Fsp3) is 0.357. The molecule has 4 heteroatoms. The van der Waals surface area contributed by atoms with Crippen molar-refractivity contribution in [2.75, 3.05) is 0 Å². The number of rotatable bonds is 2. The molecule has 3 aromatic rings. The molecule has 173 valence electrons. The summed E-state index contributed by atoms with van der Waals surface area (Å²) in [6, 6.07) is 19.9. The molecule has 1 radical (unpaired) electrons. The van der Waals surface area contributed by atoms with Crippen molar-refractivity contribution in [2.24, 2.45) is 10.8 Å². The number of pyridine rings is 1. The van der Waals surface area contributed by atoms with Gasteiger partial charge in [-0.2, -0.15) is 0 Å². The molecular formula is C28H34IrNO2-. The summed E-state index contributed by atoms with van der Waals surface area (Å²) in [5.74, 6) is 0.104. The van der Waals surface area contributed by atoms with E-state index in [9.17, 15) is 9.90 Å². The fourth-order valence-electron chi connectivity index (χ4n) is 2.66. The summed E-state index contributed by atoms with van der Waals surface area (Å²) in [7, 11) is 0. The Balaban J connectivity index is 0.000000330. The molecule has 0 spiro atoms. The summed E-state index contributed by atoms with van der Waals surface area (Å²) in [5, 5.41) is 10.7. The summed E-state index contributed by atoms with van der Waals surface area (Å²) in [5.41, 5.74) is 4.79. The molecule has 1 heterocycles. The summed E-state index contributed by atoms with van der Waals surface area (Å²) in [6.07, 6.45) is 1.33. The largest absolute Gasteiger partial charge is 0.512 e. The van der Waals surface area contributed by atoms with Crippen LogP contribution in [-0.4, -0.2) is 15.9 Å². The number of hydrogen-bond donors (Lipinski definition) is 1. The van der Waals surface area contributed by atoms with E-state index in [1.807, 2.05) is 47.6 Å². The van der Waals surface area contributed by atoms with Gasteiger partial charge >= 0.3 is 0 Å². The zero-order valence-corrected chi connectivity index (χ0v) is 22.7. The maximum absolute atomic E-state index is 11.5. The van der Waals surface area contributed by atoms with E-state index in [4.69, 9.17) is 4.98 Å². The van der Waals surface area contributed by atoms with Crippen molar-refractivity contribution in [1.29, 1.82) is 0 Å². The smallest absolute Gasteiger partial charge is 0.164 e. The van der Waals surface area contributed by atoms with Gasteiger partial charge in [-0.05, 0) is 29.6 Å². The number of benzene rings is 2. The summed E-state index contributed by atoms with van der Waals surface area (Å²) < 4.78 is 0. The van der Waals surface area contributed by atoms with Gasteiger partial charge in [0.2, 0.25) is 0 Å². The van der Waals surface area contributed by atoms with Crippen LogP contribution >= 0.6 is 0 Å². The van der Waals surface area contributed by atoms with Crippen molar-refractivity contribution in [3.05, 3.63) is 77.6 Å². The number of hydrogen-bond acceptors (Lipinski definition) is 3. The van der Waals surface area contributed by atoms with E-state index >= 15 is 0 Å². The third kappa shape index (κ3) is 8.00. The second kappa shape index (κ2) is 11.0. The predicted octanol–water partition coefficient (Wildman–Crippen LogP) is 7.41. The molecule has 2 aromatic carbocycles. The molecule has 0 amide bonds. The van der Waals surface area contributed by atoms with Crippen LogP contribution in [0.4, 0.5) is 0 Å². The number of nitrogens with zero attached hydrogens (tertiary/aromatic N) is 1. The summed E-state index contributed by atoms with van der Waals surface area (Å²) in [6.45, 7) is 15.3. The Hall–Kier alpha value is -2.29. The molecule has 0 aliphatic carbocycles. The van der Waals surface area contributed by atoms with E-state index in [-0.39, 0.29) is 37.1 Å². The van der Waals surface area contributed by atoms with Gasteiger partial charge in [-0.15, -0.1) is 35.4 Å². The molecule has 0 saturated carbocycles. The zero-order chi connectivity index (χ0) is 23.4. The molecule has 0 saturated heterocycles. The Morgan fingerprint density at radius 2 is 1.50 bits per heavy atom. The average molecular weight is 609 g/mol. The number of aromatic nitrogens is 1. The number of carbonyl (C=O) groups is 1. The van der Waals surface area contributed by atoms with Crippen LogP contribution in [0.1, 0.15) is 52.7 Å². The van der Waals surface area contributed by atoms with E-state index in [0.29, 0.717) is 0 Å². The fourth-order valence-corrected chi connectivity index (χ4v) is 2.66. The third-order valence-electron chi connectivity index (χ3n) is 4.86. The molecule has 0 bridgehead atoms. The van der Waals surface area contributed by atoms with E-state index in [2.05, 4.69) is 62.4 Å². The van der Waals surface area contributed by atoms with Gasteiger partial charge in [-0.3, -0.25) is 9.78 Å². The minimum atomic E-state index is -0.417. The predicted molar refractivity (Wildman–Crippen MR) is 130 cm³/mol. The number of fused-ring (bicyclic) bond motifs is 1. The van der Waals surface area contributed by atoms with Gasteiger partial charge in [0.25, 0.3) is 0 Å². The monoisotopic (exact) mass is 609 g/mol. The molecule has 0 aliphatic rings. The molecule has 0 unspecified atom stereocenters. The Labute approximate surface area is 206 Å². The van der Waals surface area contributed by atoms with Gasteiger partial charge in [0.1, 0.15) is 5.76 Å². The average Bonchev–Trinajstić information content (AvgIpc) is 2.66. The van der Waals surface area contributed by atoms with Crippen molar-refractivity contribution in [3.63, 3.8) is 0 Å². The van der Waals surface area contributed by atoms with Crippen molar-refractivity contribution >= 4 is 16.7 Å². The van der Waals surface area contributed by atoms with Gasteiger partial charge in [-0.1, -0.05) is 72.7 Å². The van der Waals surface area contributed by atoms with E-state index in [1.54, 1.807) is 0 Å². The van der Waals surface area contributed by atoms with Crippen LogP contribution in [0.3, 0.4) is 0 Å². The van der Waals surface area contributed by atoms with Gasteiger partial charge in [0.05, 0.1) is 5.52 Å². The van der Waals surface area contributed by atoms with Crippen molar-refractivity contribution < 1.29 is 30.0 Å². The number of aliphatic hydroxyl groups excluding tert-OH is 1. The number of aryl methyl sites for hydroxylation is 2. The van der Waals surface area contributed by atoms with Crippen LogP contribution in [0.5, 0.6) is 0 Å². The minimum Gasteiger partial charge on any atom is -0.512 e. The van der Waals surface area contributed by atoms with Crippen molar-refractivity contribution in [3.8, 4) is 11.3 Å². The van der Waals surface area contributed by atoms with Crippen LogP contribution < -0.4 is 0 Å². The normalized spacial score (nSPS) is 11.9. The molecule has 3 rings (SSSR count). The Morgan fingerprint density at radius 3 is 2.06 bits per heavy atom. The summed E-state index contributed by atoms with van der Waals surface area (Å²) >= 11 is 0. The van der Waals surface area contributed by atoms with Gasteiger partial charge in [0, 0.05) is 37.0 Å². The van der Waals surface area contributed by atoms with Crippen molar-refractivity contribution in [2.45, 2.75) is 55.4 Å². The van der Waals surface area contributed by atoms with Crippen LogP contribution in [0.25, 0.3) is 22.2 Å². The molecular weight excluding hydrogens is 575 g/mol. The maximum Gasteiger partial charge on any atom is 0.164 e. The van der Waals surface area contributed by atoms with E-state index < -0.39 is 5.41 Å². The van der Waals surface area contributed by atoms with Crippen LogP contribution in [0.15, 0.2) is 60.4 Å². The molecule has 0 atom stereocenters. The standard InChI is InChI=1S/C17H14N.C11H20O2.Ir/c1-12-4-3-5-15(10-12)16-9-8-14-7-6-13(2)11-17(14)18-16;1-10(2,3)8(12)7-9(13)11(4,5)6;/h3-4,6-11H,1-2H3;7,12H,1-6H3;/q-1;;/b;8-7-;. The minimum absolute atomic E-state index is 0. The Bertz CT molecular complexity index is 1100. The van der Waals surface area contributed by atoms with Crippen LogP contribution in [0.2, 0.25) is 0 Å². The molecule has 0 aliphatic heterocycles. The molecule has 3 nitrogen and oxygen atoms in total. The second-order valence-corrected chi connectivity index (χ2v) is 10.1. The maximum atomic E-state index is 11.5. The first kappa shape index (κ1) is 27.7. The summed E-state index contributed by atoms with van der Waals surface area (Å²) in [4.78, 5) is 16.2. The number of carbonyl (C=O) groups excluding carboxylic acids is 1. The number of allylic oxidation sites excluding steroid dienone is 2. The van der Waals surface area contributed by atoms with Crippen molar-refractivity contribution in [1.82, 2.24) is 4.98 Å². The number of ketones is 1. The molecule has 1 N–H and O–H groups in total. The van der Waals surface area contributed by atoms with Crippen LogP contribution in [0, 0.1) is 30.7 Å². The van der Waals surface area contributed by atoms with E-state index in [1.165, 1.54) is 22.6 Å². The first-order chi connectivity index (χ1) is 14.3. The topological polar surface area (TPSA) is 50.2 Å². The Morgan fingerprint density at radius 1 is 0.906 bits per heavy atom. The third-order valence-corrected chi connectivity index (χ3v) is 4.86. The Kier molecular flexibility index (Phi) is 9.56. The first-order valence-electron chi connectivity index (χ1n) is 10.6. The SMILES string of the molecule is CC(C)(C)C(=O)/C=C(\O)C(C)(C)C.Cc1cc[c-]c(-c2ccc3ccc(C)cc3n2)c1.[Ir]. The molecule has 1 aromatic heterocycles. The van der Waals surface area contributed by atoms with Crippen LogP contribution in [-0.2, 0) is 24.9 Å². The van der Waals surface area contributed by atoms with E-state index in [0.717, 1.165) is 16.8 Å². The zero-order valence-electron chi connectivity index (χ0n) is 20.3. The second-order valence-electron chi connectivity index (χ2n) is 10.1.